The number of pyridine rings is 2. The molecule has 0 unspecified atom stereocenters. The van der Waals surface area contributed by atoms with Crippen molar-refractivity contribution in [3.05, 3.63) is 83.2 Å². The Hall–Kier alpha value is -5.47. The highest BCUT2D eigenvalue weighted by atomic mass is 19.3. The van der Waals surface area contributed by atoms with Gasteiger partial charge in [-0.25, -0.2) is 15.0 Å². The van der Waals surface area contributed by atoms with Crippen LogP contribution in [0.1, 0.15) is 70.8 Å². The van der Waals surface area contributed by atoms with Gasteiger partial charge in [-0.3, -0.25) is 9.59 Å². The number of methoxy groups -OCH3 is 1. The van der Waals surface area contributed by atoms with Crippen LogP contribution in [0.5, 0.6) is 5.75 Å². The fraction of sp³-hybridized carbons (Fsp3) is 0.375. The van der Waals surface area contributed by atoms with E-state index in [9.17, 15) is 18.4 Å². The molecule has 1 fully saturated rings. The van der Waals surface area contributed by atoms with Crippen molar-refractivity contribution in [1.82, 2.24) is 34.3 Å². The second-order valence-electron chi connectivity index (χ2n) is 14.2. The maximum atomic E-state index is 13.7. The Labute approximate surface area is 310 Å². The van der Waals surface area contributed by atoms with E-state index < -0.39 is 18.8 Å². The minimum atomic E-state index is -2.92. The molecule has 12 nitrogen and oxygen atoms in total. The third-order valence-electron chi connectivity index (χ3n) is 10.7. The molecule has 2 amide bonds. The molecule has 280 valence electrons. The number of hydrogen-bond donors (Lipinski definition) is 2. The van der Waals surface area contributed by atoms with E-state index >= 15 is 0 Å². The van der Waals surface area contributed by atoms with Crippen molar-refractivity contribution in [2.45, 2.75) is 70.4 Å². The lowest BCUT2D eigenvalue weighted by molar-refractivity contribution is -0.175. The molecule has 1 saturated heterocycles. The van der Waals surface area contributed by atoms with Gasteiger partial charge in [0.05, 0.1) is 41.7 Å². The summed E-state index contributed by atoms with van der Waals surface area (Å²) >= 11 is 0. The Kier molecular flexibility index (Phi) is 9.48. The summed E-state index contributed by atoms with van der Waals surface area (Å²) in [4.78, 5) is 43.9. The second-order valence-corrected chi connectivity index (χ2v) is 14.2. The summed E-state index contributed by atoms with van der Waals surface area (Å²) < 4.78 is 40.3. The van der Waals surface area contributed by atoms with Crippen molar-refractivity contribution in [3.63, 3.8) is 0 Å². The first kappa shape index (κ1) is 35.6. The maximum absolute atomic E-state index is 13.7. The largest absolute Gasteiger partial charge is 0.494 e. The lowest BCUT2D eigenvalue weighted by atomic mass is 10.0. The predicted molar refractivity (Wildman–Crippen MR) is 201 cm³/mol. The molecule has 54 heavy (non-hydrogen) atoms. The lowest BCUT2D eigenvalue weighted by Gasteiger charge is -2.36. The first-order valence-electron chi connectivity index (χ1n) is 18.3. The SMILES string of the molecule is COc1cc(C(=O)N2CC[C@@H](OC(F)F)[C@@H](N)C2)cc2nc(-c3cc4ccc5nc4n3CCCCCc3cc4ccccc4nc3C(=O)N[C@@H]5C)n(C)c12. The van der Waals surface area contributed by atoms with Gasteiger partial charge in [0.15, 0.2) is 5.82 Å². The van der Waals surface area contributed by atoms with E-state index in [0.29, 0.717) is 40.4 Å². The number of hydrogen-bond acceptors (Lipinski definition) is 8. The summed E-state index contributed by atoms with van der Waals surface area (Å²) in [5.41, 5.74) is 12.3. The van der Waals surface area contributed by atoms with Crippen molar-refractivity contribution in [1.29, 1.82) is 0 Å². The quantitative estimate of drug-likeness (QED) is 0.215. The van der Waals surface area contributed by atoms with E-state index in [0.717, 1.165) is 64.6 Å². The molecular formula is C40H42F2N8O4. The number of benzene rings is 2. The number of amides is 2. The molecule has 0 aliphatic carbocycles. The Morgan fingerprint density at radius 2 is 1.81 bits per heavy atom. The number of likely N-dealkylation sites (tertiary alicyclic amines) is 1. The number of halogens is 2. The summed E-state index contributed by atoms with van der Waals surface area (Å²) in [6.45, 7) is 0.00995. The number of piperidine rings is 1. The smallest absolute Gasteiger partial charge is 0.345 e. The summed E-state index contributed by atoms with van der Waals surface area (Å²) in [6, 6.07) is 18.3. The van der Waals surface area contributed by atoms with Gasteiger partial charge in [0.1, 0.15) is 22.6 Å². The van der Waals surface area contributed by atoms with Crippen molar-refractivity contribution in [2.24, 2.45) is 12.8 Å². The van der Waals surface area contributed by atoms with E-state index in [-0.39, 0.29) is 37.4 Å². The van der Waals surface area contributed by atoms with Gasteiger partial charge in [-0.05, 0) is 80.6 Å². The van der Waals surface area contributed by atoms with Crippen molar-refractivity contribution >= 4 is 44.8 Å². The average molecular weight is 737 g/mol. The molecule has 0 spiro atoms. The van der Waals surface area contributed by atoms with Crippen LogP contribution in [0.3, 0.4) is 0 Å². The molecule has 3 atom stereocenters. The molecule has 2 aliphatic heterocycles. The van der Waals surface area contributed by atoms with E-state index in [2.05, 4.69) is 26.8 Å². The van der Waals surface area contributed by atoms with Gasteiger partial charge < -0.3 is 34.6 Å². The molecule has 6 heterocycles. The zero-order valence-corrected chi connectivity index (χ0v) is 30.4. The number of para-hydroxylation sites is 1. The topological polar surface area (TPSA) is 142 Å². The van der Waals surface area contributed by atoms with Crippen LogP contribution in [-0.2, 0) is 24.8 Å². The molecule has 2 aliphatic rings. The summed E-state index contributed by atoms with van der Waals surface area (Å²) in [5, 5.41) is 5.09. The number of imidazole rings is 1. The number of aryl methyl sites for hydroxylation is 3. The normalized spacial score (nSPS) is 19.7. The number of rotatable bonds is 5. The number of carbonyl (C=O) groups is 2. The Bertz CT molecular complexity index is 2410. The zero-order chi connectivity index (χ0) is 37.7. The fourth-order valence-electron chi connectivity index (χ4n) is 7.89. The molecule has 6 aromatic rings. The molecule has 0 saturated carbocycles. The number of ether oxygens (including phenoxy) is 2. The number of fused-ring (bicyclic) bond motifs is 4. The van der Waals surface area contributed by atoms with Gasteiger partial charge in [-0.2, -0.15) is 8.78 Å². The number of carbonyl (C=O) groups excluding carboxylic acids is 2. The Morgan fingerprint density at radius 1 is 0.981 bits per heavy atom. The molecule has 4 aromatic heterocycles. The molecular weight excluding hydrogens is 694 g/mol. The molecule has 14 heteroatoms. The van der Waals surface area contributed by atoms with E-state index in [1.54, 1.807) is 24.1 Å². The summed E-state index contributed by atoms with van der Waals surface area (Å²) in [6.07, 6.45) is 2.78. The number of nitrogens with zero attached hydrogens (tertiary/aromatic N) is 6. The zero-order valence-electron chi connectivity index (χ0n) is 30.4. The second kappa shape index (κ2) is 14.4. The van der Waals surface area contributed by atoms with Crippen LogP contribution in [0, 0.1) is 0 Å². The maximum Gasteiger partial charge on any atom is 0.345 e. The summed E-state index contributed by atoms with van der Waals surface area (Å²) in [5.74, 6) is 0.633. The average Bonchev–Trinajstić information content (AvgIpc) is 3.70. The third kappa shape index (κ3) is 6.53. The number of alkyl halides is 2. The van der Waals surface area contributed by atoms with Gasteiger partial charge in [0.25, 0.3) is 11.8 Å². The number of nitrogens with one attached hydrogen (secondary N) is 1. The van der Waals surface area contributed by atoms with E-state index in [1.165, 1.54) is 0 Å². The minimum absolute atomic E-state index is 0.0851. The first-order chi connectivity index (χ1) is 26.1. The highest BCUT2D eigenvalue weighted by Gasteiger charge is 2.33. The summed E-state index contributed by atoms with van der Waals surface area (Å²) in [7, 11) is 3.47. The molecule has 2 aromatic carbocycles. The Balaban J connectivity index is 1.14. The number of aromatic nitrogens is 5. The van der Waals surface area contributed by atoms with Crippen LogP contribution in [0.15, 0.2) is 60.7 Å². The molecule has 8 rings (SSSR count). The molecule has 3 N–H and O–H groups in total. The standard InChI is InChI=1S/C40H42F2N8O4/c1-22-28-13-12-25-19-31(50(36(25)46-28)15-8-4-5-10-24-17-23-9-6-7-11-29(23)45-34(24)38(51)44-22)37-47-30-18-26(20-33(53-3)35(30)48(37)2)39(52)49-16-14-32(27(43)21-49)54-40(41)42/h6-7,9,11-13,17-20,22,27,32,40H,4-5,8,10,14-16,21,43H2,1-3H3,(H,44,51)/t22-,27+,32-/m1/s1. The van der Waals surface area contributed by atoms with Gasteiger partial charge in [0.2, 0.25) is 0 Å². The van der Waals surface area contributed by atoms with Gasteiger partial charge in [-0.1, -0.05) is 24.6 Å². The highest BCUT2D eigenvalue weighted by Crippen LogP contribution is 2.35. The van der Waals surface area contributed by atoms with Crippen LogP contribution < -0.4 is 15.8 Å². The molecule has 0 radical (unpaired) electrons. The molecule has 2 bridgehead atoms. The van der Waals surface area contributed by atoms with Gasteiger partial charge in [0, 0.05) is 49.1 Å². The third-order valence-corrected chi connectivity index (χ3v) is 10.7. The van der Waals surface area contributed by atoms with Crippen LogP contribution in [0.2, 0.25) is 0 Å². The predicted octanol–water partition coefficient (Wildman–Crippen LogP) is 6.15. The van der Waals surface area contributed by atoms with Crippen LogP contribution in [0.25, 0.3) is 44.5 Å². The van der Waals surface area contributed by atoms with Gasteiger partial charge >= 0.3 is 6.61 Å². The highest BCUT2D eigenvalue weighted by molar-refractivity contribution is 6.00. The van der Waals surface area contributed by atoms with Crippen LogP contribution >= 0.6 is 0 Å². The van der Waals surface area contributed by atoms with Crippen LogP contribution in [0.4, 0.5) is 8.78 Å². The minimum Gasteiger partial charge on any atom is -0.494 e. The van der Waals surface area contributed by atoms with E-state index in [1.807, 2.05) is 54.9 Å². The van der Waals surface area contributed by atoms with Crippen molar-refractivity contribution in [2.75, 3.05) is 20.2 Å². The van der Waals surface area contributed by atoms with Crippen molar-refractivity contribution < 1.29 is 27.8 Å². The Morgan fingerprint density at radius 3 is 2.61 bits per heavy atom. The van der Waals surface area contributed by atoms with E-state index in [4.69, 9.17) is 25.4 Å². The lowest BCUT2D eigenvalue weighted by Crippen LogP contribution is -2.54. The fourth-order valence-corrected chi connectivity index (χ4v) is 7.89. The first-order valence-corrected chi connectivity index (χ1v) is 18.3. The van der Waals surface area contributed by atoms with Crippen LogP contribution in [-0.4, -0.2) is 79.8 Å². The monoisotopic (exact) mass is 736 g/mol. The number of nitrogens with two attached hydrogens (primary N) is 1. The van der Waals surface area contributed by atoms with Gasteiger partial charge in [-0.15, -0.1) is 0 Å². The van der Waals surface area contributed by atoms with Crippen molar-refractivity contribution in [3.8, 4) is 17.3 Å².